The molecule has 1 fully saturated rings. The number of hydrogen-bond acceptors (Lipinski definition) is 5. The fourth-order valence-corrected chi connectivity index (χ4v) is 2.63. The Hall–Kier alpha value is -2.31. The first kappa shape index (κ1) is 13.7. The largest absolute Gasteiger partial charge is 0.481 e. The molecular formula is C14H17N5O2. The number of rotatable bonds is 5. The van der Waals surface area contributed by atoms with Crippen LogP contribution in [-0.2, 0) is 4.79 Å². The quantitative estimate of drug-likeness (QED) is 0.900. The zero-order valence-corrected chi connectivity index (χ0v) is 12.0. The molecule has 110 valence electrons. The zero-order chi connectivity index (χ0) is 15.0. The number of aromatic nitrogens is 5. The smallest absolute Gasteiger partial charge is 0.305 e. The Kier molecular flexibility index (Phi) is 3.40. The van der Waals surface area contributed by atoms with Crippen molar-refractivity contribution in [3.05, 3.63) is 23.5 Å². The van der Waals surface area contributed by atoms with Crippen LogP contribution in [-0.4, -0.2) is 36.3 Å². The van der Waals surface area contributed by atoms with Crippen LogP contribution in [0.3, 0.4) is 0 Å². The summed E-state index contributed by atoms with van der Waals surface area (Å²) in [6.07, 6.45) is 2.10. The molecule has 21 heavy (non-hydrogen) atoms. The highest BCUT2D eigenvalue weighted by molar-refractivity contribution is 5.67. The van der Waals surface area contributed by atoms with Crippen molar-refractivity contribution >= 4 is 5.97 Å². The average molecular weight is 287 g/mol. The van der Waals surface area contributed by atoms with Crippen molar-refractivity contribution in [2.45, 2.75) is 39.2 Å². The molecule has 3 rings (SSSR count). The van der Waals surface area contributed by atoms with E-state index in [1.807, 2.05) is 26.0 Å². The summed E-state index contributed by atoms with van der Waals surface area (Å²) in [6, 6.07) is 3.66. The first-order chi connectivity index (χ1) is 10.1. The highest BCUT2D eigenvalue weighted by Crippen LogP contribution is 2.42. The SMILES string of the molecule is Cc1ccc(-c2nnnn2C(CC(=O)O)C2CC2)c(C)n1. The van der Waals surface area contributed by atoms with Crippen LogP contribution in [0.5, 0.6) is 0 Å². The molecule has 2 aromatic heterocycles. The Morgan fingerprint density at radius 1 is 1.43 bits per heavy atom. The van der Waals surface area contributed by atoms with E-state index in [-0.39, 0.29) is 12.5 Å². The van der Waals surface area contributed by atoms with Gasteiger partial charge in [-0.05, 0) is 55.2 Å². The molecule has 2 heterocycles. The van der Waals surface area contributed by atoms with E-state index in [1.165, 1.54) is 0 Å². The molecule has 0 radical (unpaired) electrons. The molecule has 1 unspecified atom stereocenters. The number of pyridine rings is 1. The van der Waals surface area contributed by atoms with Gasteiger partial charge in [0.05, 0.1) is 12.5 Å². The number of tetrazole rings is 1. The number of carbonyl (C=O) groups is 1. The maximum Gasteiger partial charge on any atom is 0.305 e. The van der Waals surface area contributed by atoms with E-state index in [0.29, 0.717) is 11.7 Å². The summed E-state index contributed by atoms with van der Waals surface area (Å²) in [5.74, 6) is 0.118. The van der Waals surface area contributed by atoms with Gasteiger partial charge in [-0.15, -0.1) is 5.10 Å². The topological polar surface area (TPSA) is 93.8 Å². The number of nitrogens with zero attached hydrogens (tertiary/aromatic N) is 5. The summed E-state index contributed by atoms with van der Waals surface area (Å²) in [7, 11) is 0. The number of carboxylic acid groups (broad SMARTS) is 1. The highest BCUT2D eigenvalue weighted by Gasteiger charge is 2.36. The molecule has 0 bridgehead atoms. The average Bonchev–Trinajstić information content (AvgIpc) is 3.14. The first-order valence-electron chi connectivity index (χ1n) is 7.00. The number of aliphatic carboxylic acids is 1. The number of aryl methyl sites for hydroxylation is 2. The van der Waals surface area contributed by atoms with Crippen molar-refractivity contribution in [2.75, 3.05) is 0 Å². The summed E-state index contributed by atoms with van der Waals surface area (Å²) >= 11 is 0. The van der Waals surface area contributed by atoms with Gasteiger partial charge in [0.1, 0.15) is 0 Å². The highest BCUT2D eigenvalue weighted by atomic mass is 16.4. The van der Waals surface area contributed by atoms with Crippen LogP contribution in [0.4, 0.5) is 0 Å². The van der Waals surface area contributed by atoms with Crippen LogP contribution < -0.4 is 0 Å². The predicted octanol–water partition coefficient (Wildman–Crippen LogP) is 1.78. The zero-order valence-electron chi connectivity index (χ0n) is 12.0. The fourth-order valence-electron chi connectivity index (χ4n) is 2.63. The number of hydrogen-bond donors (Lipinski definition) is 1. The van der Waals surface area contributed by atoms with Crippen molar-refractivity contribution < 1.29 is 9.90 Å². The Morgan fingerprint density at radius 2 is 2.19 bits per heavy atom. The molecule has 1 aliphatic rings. The van der Waals surface area contributed by atoms with Gasteiger partial charge >= 0.3 is 5.97 Å². The molecule has 0 aliphatic heterocycles. The van der Waals surface area contributed by atoms with Crippen LogP contribution in [0.2, 0.25) is 0 Å². The molecule has 2 aromatic rings. The summed E-state index contributed by atoms with van der Waals surface area (Å²) in [6.45, 7) is 3.84. The lowest BCUT2D eigenvalue weighted by molar-refractivity contribution is -0.138. The lowest BCUT2D eigenvalue weighted by Crippen LogP contribution is -2.18. The Labute approximate surface area is 122 Å². The monoisotopic (exact) mass is 287 g/mol. The first-order valence-corrected chi connectivity index (χ1v) is 7.00. The second-order valence-electron chi connectivity index (χ2n) is 5.54. The Bertz CT molecular complexity index is 678. The van der Waals surface area contributed by atoms with E-state index in [1.54, 1.807) is 4.68 Å². The summed E-state index contributed by atoms with van der Waals surface area (Å²) in [4.78, 5) is 15.5. The molecule has 1 aliphatic carbocycles. The van der Waals surface area contributed by atoms with Crippen LogP contribution in [0.1, 0.15) is 36.7 Å². The maximum atomic E-state index is 11.1. The predicted molar refractivity (Wildman–Crippen MR) is 74.5 cm³/mol. The normalized spacial score (nSPS) is 15.9. The van der Waals surface area contributed by atoms with Crippen LogP contribution in [0, 0.1) is 19.8 Å². The van der Waals surface area contributed by atoms with E-state index >= 15 is 0 Å². The third kappa shape index (κ3) is 2.76. The third-order valence-corrected chi connectivity index (χ3v) is 3.82. The van der Waals surface area contributed by atoms with Crippen LogP contribution in [0.15, 0.2) is 12.1 Å². The summed E-state index contributed by atoms with van der Waals surface area (Å²) in [5, 5.41) is 21.0. The van der Waals surface area contributed by atoms with Gasteiger partial charge in [0.2, 0.25) is 0 Å². The molecule has 0 spiro atoms. The van der Waals surface area contributed by atoms with E-state index in [2.05, 4.69) is 20.5 Å². The minimum absolute atomic E-state index is 0.0427. The summed E-state index contributed by atoms with van der Waals surface area (Å²) in [5.41, 5.74) is 2.62. The maximum absolute atomic E-state index is 11.1. The molecule has 0 amide bonds. The standard InChI is InChI=1S/C14H17N5O2/c1-8-3-6-11(9(2)15-8)14-16-17-18-19(14)12(7-13(20)21)10-4-5-10/h3,6,10,12H,4-5,7H2,1-2H3,(H,20,21). The van der Waals surface area contributed by atoms with Crippen molar-refractivity contribution in [1.29, 1.82) is 0 Å². The molecule has 0 aromatic carbocycles. The molecule has 0 saturated heterocycles. The van der Waals surface area contributed by atoms with Gasteiger partial charge in [-0.1, -0.05) is 0 Å². The fraction of sp³-hybridized carbons (Fsp3) is 0.500. The molecule has 1 N–H and O–H groups in total. The van der Waals surface area contributed by atoms with Gasteiger partial charge in [-0.25, -0.2) is 4.68 Å². The molecular weight excluding hydrogens is 270 g/mol. The third-order valence-electron chi connectivity index (χ3n) is 3.82. The summed E-state index contributed by atoms with van der Waals surface area (Å²) < 4.78 is 1.66. The van der Waals surface area contributed by atoms with Gasteiger partial charge in [0, 0.05) is 17.0 Å². The van der Waals surface area contributed by atoms with Gasteiger partial charge in [0.25, 0.3) is 0 Å². The van der Waals surface area contributed by atoms with E-state index in [4.69, 9.17) is 5.11 Å². The van der Waals surface area contributed by atoms with Gasteiger partial charge in [0.15, 0.2) is 5.82 Å². The molecule has 7 nitrogen and oxygen atoms in total. The molecule has 7 heteroatoms. The Balaban J connectivity index is 2.01. The minimum atomic E-state index is -0.827. The van der Waals surface area contributed by atoms with Crippen molar-refractivity contribution in [3.63, 3.8) is 0 Å². The van der Waals surface area contributed by atoms with Gasteiger partial charge in [-0.3, -0.25) is 9.78 Å². The van der Waals surface area contributed by atoms with E-state index < -0.39 is 5.97 Å². The molecule has 1 saturated carbocycles. The number of carboxylic acids is 1. The Morgan fingerprint density at radius 3 is 2.81 bits per heavy atom. The van der Waals surface area contributed by atoms with Gasteiger partial charge in [-0.2, -0.15) is 0 Å². The minimum Gasteiger partial charge on any atom is -0.481 e. The van der Waals surface area contributed by atoms with Gasteiger partial charge < -0.3 is 5.11 Å². The van der Waals surface area contributed by atoms with Crippen LogP contribution >= 0.6 is 0 Å². The van der Waals surface area contributed by atoms with E-state index in [0.717, 1.165) is 29.8 Å². The van der Waals surface area contributed by atoms with Crippen molar-refractivity contribution in [2.24, 2.45) is 5.92 Å². The van der Waals surface area contributed by atoms with E-state index in [9.17, 15) is 4.79 Å². The van der Waals surface area contributed by atoms with Crippen molar-refractivity contribution in [3.8, 4) is 11.4 Å². The lowest BCUT2D eigenvalue weighted by Gasteiger charge is -2.16. The van der Waals surface area contributed by atoms with Crippen molar-refractivity contribution in [1.82, 2.24) is 25.2 Å². The van der Waals surface area contributed by atoms with Crippen LogP contribution in [0.25, 0.3) is 11.4 Å². The second kappa shape index (κ2) is 5.23. The second-order valence-corrected chi connectivity index (χ2v) is 5.54. The lowest BCUT2D eigenvalue weighted by atomic mass is 10.1. The molecule has 1 atom stereocenters.